The van der Waals surface area contributed by atoms with Crippen LogP contribution >= 0.6 is 0 Å². The van der Waals surface area contributed by atoms with Crippen LogP contribution in [-0.2, 0) is 19.4 Å². The molecule has 0 aliphatic rings. The van der Waals surface area contributed by atoms with Gasteiger partial charge in [-0.2, -0.15) is 4.89 Å². The number of rotatable bonds is 4. The molecule has 0 aliphatic carbocycles. The van der Waals surface area contributed by atoms with Crippen molar-refractivity contribution in [2.75, 3.05) is 7.11 Å². The molecule has 0 saturated heterocycles. The third kappa shape index (κ3) is 4.32. The Morgan fingerprint density at radius 3 is 2.45 bits per heavy atom. The zero-order valence-electron chi connectivity index (χ0n) is 6.36. The number of hydrogen-bond donors (Lipinski definition) is 1. The van der Waals surface area contributed by atoms with Gasteiger partial charge < -0.3 is 5.11 Å². The number of aliphatic carboxylic acids is 1. The van der Waals surface area contributed by atoms with E-state index >= 15 is 0 Å². The smallest absolute Gasteiger partial charge is 0.345 e. The molecule has 0 rings (SSSR count). The summed E-state index contributed by atoms with van der Waals surface area (Å²) in [5.41, 5.74) is 0. The number of carbonyl (C=O) groups excluding carboxylic acids is 1. The van der Waals surface area contributed by atoms with Crippen molar-refractivity contribution in [3.05, 3.63) is 0 Å². The molecule has 0 aromatic heterocycles. The maximum atomic E-state index is 10.7. The number of hydrogen-bond acceptors (Lipinski definition) is 4. The second kappa shape index (κ2) is 4.68. The molecule has 0 bridgehead atoms. The molecule has 0 saturated carbocycles. The third-order valence-electron chi connectivity index (χ3n) is 1.05. The predicted molar refractivity (Wildman–Crippen MR) is 34.5 cm³/mol. The highest BCUT2D eigenvalue weighted by molar-refractivity contribution is 5.78. The number of carboxylic acids is 1. The quantitative estimate of drug-likeness (QED) is 0.472. The summed E-state index contributed by atoms with van der Waals surface area (Å²) in [6.07, 6.45) is -0.248. The zero-order chi connectivity index (χ0) is 8.85. The van der Waals surface area contributed by atoms with Crippen LogP contribution in [0, 0.1) is 5.92 Å². The van der Waals surface area contributed by atoms with E-state index in [2.05, 4.69) is 9.78 Å². The SMILES string of the molecule is COOC(=O)C(C)CC(=O)O. The highest BCUT2D eigenvalue weighted by Gasteiger charge is 2.18. The van der Waals surface area contributed by atoms with Crippen molar-refractivity contribution in [3.63, 3.8) is 0 Å². The van der Waals surface area contributed by atoms with Gasteiger partial charge in [0.1, 0.15) is 0 Å². The van der Waals surface area contributed by atoms with Gasteiger partial charge in [-0.05, 0) is 0 Å². The van der Waals surface area contributed by atoms with Gasteiger partial charge in [0.15, 0.2) is 0 Å². The fourth-order valence-corrected chi connectivity index (χ4v) is 0.510. The van der Waals surface area contributed by atoms with Crippen LogP contribution < -0.4 is 0 Å². The second-order valence-electron chi connectivity index (χ2n) is 2.07. The fraction of sp³-hybridized carbons (Fsp3) is 0.667. The molecule has 0 aromatic carbocycles. The van der Waals surface area contributed by atoms with Crippen molar-refractivity contribution in [2.24, 2.45) is 5.92 Å². The Balaban J connectivity index is 3.73. The van der Waals surface area contributed by atoms with Crippen molar-refractivity contribution in [1.29, 1.82) is 0 Å². The van der Waals surface area contributed by atoms with Crippen LogP contribution in [0.1, 0.15) is 13.3 Å². The van der Waals surface area contributed by atoms with E-state index in [0.29, 0.717) is 0 Å². The van der Waals surface area contributed by atoms with Gasteiger partial charge >= 0.3 is 11.9 Å². The molecule has 1 atom stereocenters. The van der Waals surface area contributed by atoms with Gasteiger partial charge in [0, 0.05) is 0 Å². The average molecular weight is 162 g/mol. The van der Waals surface area contributed by atoms with E-state index in [1.54, 1.807) is 0 Å². The first-order chi connectivity index (χ1) is 5.07. The van der Waals surface area contributed by atoms with Crippen LogP contribution in [0.5, 0.6) is 0 Å². The van der Waals surface area contributed by atoms with Crippen LogP contribution in [0.25, 0.3) is 0 Å². The molecule has 0 radical (unpaired) electrons. The van der Waals surface area contributed by atoms with Crippen LogP contribution in [0.4, 0.5) is 0 Å². The minimum Gasteiger partial charge on any atom is -0.481 e. The molecule has 0 aromatic rings. The monoisotopic (exact) mass is 162 g/mol. The van der Waals surface area contributed by atoms with Crippen molar-refractivity contribution >= 4 is 11.9 Å². The summed E-state index contributed by atoms with van der Waals surface area (Å²) in [6, 6.07) is 0. The lowest BCUT2D eigenvalue weighted by atomic mass is 10.1. The molecule has 0 heterocycles. The van der Waals surface area contributed by atoms with Gasteiger partial charge in [-0.3, -0.25) is 9.68 Å². The Hall–Kier alpha value is -1.10. The molecule has 11 heavy (non-hydrogen) atoms. The van der Waals surface area contributed by atoms with Crippen molar-refractivity contribution in [1.82, 2.24) is 0 Å². The van der Waals surface area contributed by atoms with E-state index in [1.807, 2.05) is 0 Å². The molecule has 5 nitrogen and oxygen atoms in total. The molecule has 5 heteroatoms. The van der Waals surface area contributed by atoms with Gasteiger partial charge in [0.2, 0.25) is 0 Å². The van der Waals surface area contributed by atoms with Crippen molar-refractivity contribution in [2.45, 2.75) is 13.3 Å². The van der Waals surface area contributed by atoms with Gasteiger partial charge in [0.05, 0.1) is 19.4 Å². The molecule has 1 N–H and O–H groups in total. The van der Waals surface area contributed by atoms with E-state index < -0.39 is 17.9 Å². The third-order valence-corrected chi connectivity index (χ3v) is 1.05. The zero-order valence-corrected chi connectivity index (χ0v) is 6.36. The van der Waals surface area contributed by atoms with Crippen LogP contribution in [0.3, 0.4) is 0 Å². The highest BCUT2D eigenvalue weighted by Crippen LogP contribution is 2.03. The fourth-order valence-electron chi connectivity index (χ4n) is 0.510. The van der Waals surface area contributed by atoms with Gasteiger partial charge in [-0.1, -0.05) is 6.92 Å². The lowest BCUT2D eigenvalue weighted by Crippen LogP contribution is -2.17. The molecule has 64 valence electrons. The van der Waals surface area contributed by atoms with E-state index in [-0.39, 0.29) is 6.42 Å². The Morgan fingerprint density at radius 2 is 2.09 bits per heavy atom. The Labute approximate surface area is 63.8 Å². The van der Waals surface area contributed by atoms with Gasteiger partial charge in [0.25, 0.3) is 0 Å². The largest absolute Gasteiger partial charge is 0.481 e. The minimum absolute atomic E-state index is 0.248. The molecule has 0 spiro atoms. The molecule has 0 amide bonds. The van der Waals surface area contributed by atoms with E-state index in [0.717, 1.165) is 0 Å². The van der Waals surface area contributed by atoms with E-state index in [4.69, 9.17) is 5.11 Å². The highest BCUT2D eigenvalue weighted by atomic mass is 17.2. The Bertz CT molecular complexity index is 153. The van der Waals surface area contributed by atoms with E-state index in [9.17, 15) is 9.59 Å². The molecule has 1 unspecified atom stereocenters. The van der Waals surface area contributed by atoms with Crippen LogP contribution in [0.15, 0.2) is 0 Å². The van der Waals surface area contributed by atoms with Crippen LogP contribution in [-0.4, -0.2) is 24.2 Å². The molecule has 0 aliphatic heterocycles. The number of carbonyl (C=O) groups is 2. The predicted octanol–water partition coefficient (Wildman–Crippen LogP) is 0.202. The van der Waals surface area contributed by atoms with Crippen molar-refractivity contribution < 1.29 is 24.5 Å². The second-order valence-corrected chi connectivity index (χ2v) is 2.07. The summed E-state index contributed by atoms with van der Waals surface area (Å²) < 4.78 is 0. The summed E-state index contributed by atoms with van der Waals surface area (Å²) in [5, 5.41) is 8.25. The summed E-state index contributed by atoms with van der Waals surface area (Å²) in [7, 11) is 1.19. The summed E-state index contributed by atoms with van der Waals surface area (Å²) in [4.78, 5) is 28.9. The molecule has 0 fully saturated rings. The van der Waals surface area contributed by atoms with E-state index in [1.165, 1.54) is 14.0 Å². The Morgan fingerprint density at radius 1 is 1.55 bits per heavy atom. The van der Waals surface area contributed by atoms with Crippen molar-refractivity contribution in [3.8, 4) is 0 Å². The summed E-state index contributed by atoms with van der Waals surface area (Å²) >= 11 is 0. The first kappa shape index (κ1) is 9.90. The topological polar surface area (TPSA) is 72.8 Å². The van der Waals surface area contributed by atoms with Gasteiger partial charge in [-0.25, -0.2) is 4.79 Å². The lowest BCUT2D eigenvalue weighted by Gasteiger charge is -2.04. The molecular formula is C6H10O5. The maximum absolute atomic E-state index is 10.7. The minimum atomic E-state index is -1.04. The maximum Gasteiger partial charge on any atom is 0.345 e. The average Bonchev–Trinajstić information content (AvgIpc) is 1.86. The first-order valence-electron chi connectivity index (χ1n) is 3.04. The summed E-state index contributed by atoms with van der Waals surface area (Å²) in [5.74, 6) is -2.38. The normalized spacial score (nSPS) is 12.2. The van der Waals surface area contributed by atoms with Gasteiger partial charge in [-0.15, -0.1) is 0 Å². The standard InChI is InChI=1S/C6H10O5/c1-4(3-5(7)8)6(9)11-10-2/h4H,3H2,1-2H3,(H,7,8). The van der Waals surface area contributed by atoms with Crippen LogP contribution in [0.2, 0.25) is 0 Å². The molecular weight excluding hydrogens is 152 g/mol. The Kier molecular flexibility index (Phi) is 4.21. The first-order valence-corrected chi connectivity index (χ1v) is 3.04. The summed E-state index contributed by atoms with van der Waals surface area (Å²) in [6.45, 7) is 1.45. The lowest BCUT2D eigenvalue weighted by molar-refractivity contribution is -0.258. The number of carboxylic acid groups (broad SMARTS) is 1.